The number of phenolic OH excluding ortho intramolecular Hbond substituents is 1. The predicted molar refractivity (Wildman–Crippen MR) is 196 cm³/mol. The maximum atomic E-state index is 14.1. The van der Waals surface area contributed by atoms with Gasteiger partial charge in [0.25, 0.3) is 11.8 Å². The van der Waals surface area contributed by atoms with Crippen LogP contribution in [-0.4, -0.2) is 150 Å². The van der Waals surface area contributed by atoms with E-state index in [1.165, 1.54) is 6.08 Å². The lowest BCUT2D eigenvalue weighted by Crippen LogP contribution is -2.56. The Kier molecular flexibility index (Phi) is 12.0. The number of piperazine rings is 1. The van der Waals surface area contributed by atoms with Crippen molar-refractivity contribution in [1.29, 1.82) is 0 Å². The highest BCUT2D eigenvalue weighted by atomic mass is 16.6. The highest BCUT2D eigenvalue weighted by Gasteiger charge is 2.37. The molecule has 4 N–H and O–H groups in total. The first-order valence-electron chi connectivity index (χ1n) is 18.2. The highest BCUT2D eigenvalue weighted by Crippen LogP contribution is 2.26. The monoisotopic (exact) mass is 713 g/mol. The Morgan fingerprint density at radius 1 is 0.962 bits per heavy atom. The average Bonchev–Trinajstić information content (AvgIpc) is 3.33. The third kappa shape index (κ3) is 8.71. The highest BCUT2D eigenvalue weighted by molar-refractivity contribution is 6.34. The van der Waals surface area contributed by atoms with E-state index >= 15 is 0 Å². The van der Waals surface area contributed by atoms with Gasteiger partial charge in [0.1, 0.15) is 13.6 Å². The summed E-state index contributed by atoms with van der Waals surface area (Å²) in [6.45, 7) is 9.29. The molecular weight excluding hydrogens is 665 g/mol. The average molecular weight is 714 g/mol. The fraction of sp³-hybridized carbons (Fsp3) is 0.514. The minimum absolute atomic E-state index is 0.0302. The van der Waals surface area contributed by atoms with Gasteiger partial charge < -0.3 is 29.9 Å². The molecule has 276 valence electrons. The number of likely N-dealkylation sites (tertiary alicyclic amines) is 2. The van der Waals surface area contributed by atoms with Gasteiger partial charge in [-0.3, -0.25) is 24.6 Å². The minimum Gasteiger partial charge on any atom is -0.508 e. The molecule has 2 radical (unpaired) electrons. The second-order valence-electron chi connectivity index (χ2n) is 14.1. The summed E-state index contributed by atoms with van der Waals surface area (Å²) >= 11 is 0. The van der Waals surface area contributed by atoms with Crippen molar-refractivity contribution >= 4 is 49.0 Å². The number of rotatable bonds is 9. The third-order valence-corrected chi connectivity index (χ3v) is 10.9. The number of benzene rings is 2. The van der Waals surface area contributed by atoms with Gasteiger partial charge >= 0.3 is 12.1 Å². The van der Waals surface area contributed by atoms with Crippen LogP contribution in [0, 0.1) is 0 Å². The van der Waals surface area contributed by atoms with E-state index in [-0.39, 0.29) is 48.2 Å². The van der Waals surface area contributed by atoms with E-state index in [2.05, 4.69) is 16.8 Å². The molecule has 2 aromatic carbocycles. The lowest BCUT2D eigenvalue weighted by molar-refractivity contribution is -0.142. The van der Waals surface area contributed by atoms with Gasteiger partial charge in [0.15, 0.2) is 6.10 Å². The number of ether oxygens (including phenoxy) is 1. The van der Waals surface area contributed by atoms with Gasteiger partial charge in [-0.05, 0) is 55.4 Å². The molecule has 0 aromatic heterocycles. The lowest BCUT2D eigenvalue weighted by Gasteiger charge is -2.43. The molecular formula is C37H48BN7O7. The largest absolute Gasteiger partial charge is 0.508 e. The van der Waals surface area contributed by atoms with Crippen LogP contribution in [0.5, 0.6) is 5.75 Å². The molecule has 15 heteroatoms. The number of urea groups is 1. The molecule has 0 aliphatic carbocycles. The number of carbonyl (C=O) groups excluding carboxylic acids is 4. The molecule has 6 rings (SSSR count). The molecule has 4 heterocycles. The zero-order valence-corrected chi connectivity index (χ0v) is 29.5. The van der Waals surface area contributed by atoms with Crippen molar-refractivity contribution in [2.24, 2.45) is 0 Å². The molecule has 3 fully saturated rings. The molecule has 52 heavy (non-hydrogen) atoms. The van der Waals surface area contributed by atoms with E-state index in [0.29, 0.717) is 69.8 Å². The molecule has 3 saturated heterocycles. The minimum atomic E-state index is -1.11. The van der Waals surface area contributed by atoms with Crippen LogP contribution in [0.3, 0.4) is 0 Å². The number of hydroxylamine groups is 1. The number of amides is 5. The van der Waals surface area contributed by atoms with Gasteiger partial charge in [-0.1, -0.05) is 42.4 Å². The van der Waals surface area contributed by atoms with Crippen LogP contribution in [0.2, 0.25) is 0 Å². The number of aromatic hydroxyl groups is 1. The fourth-order valence-electron chi connectivity index (χ4n) is 7.89. The Labute approximate surface area is 305 Å². The van der Waals surface area contributed by atoms with Gasteiger partial charge in [-0.2, -0.15) is 0 Å². The van der Waals surface area contributed by atoms with E-state index in [1.807, 2.05) is 34.1 Å². The first kappa shape index (κ1) is 37.2. The third-order valence-electron chi connectivity index (χ3n) is 10.9. The van der Waals surface area contributed by atoms with Crippen LogP contribution >= 0.6 is 0 Å². The number of carbonyl (C=O) groups is 4. The van der Waals surface area contributed by atoms with E-state index in [4.69, 9.17) is 17.8 Å². The lowest BCUT2D eigenvalue weighted by atomic mass is 9.89. The summed E-state index contributed by atoms with van der Waals surface area (Å²) in [6.07, 6.45) is 3.31. The summed E-state index contributed by atoms with van der Waals surface area (Å²) in [5.41, 5.74) is 4.81. The first-order chi connectivity index (χ1) is 25.1. The maximum absolute atomic E-state index is 14.1. The second-order valence-corrected chi connectivity index (χ2v) is 14.1. The summed E-state index contributed by atoms with van der Waals surface area (Å²) in [5.74, 6) is -0.804. The van der Waals surface area contributed by atoms with E-state index < -0.39 is 18.1 Å². The van der Waals surface area contributed by atoms with Crippen molar-refractivity contribution in [3.8, 4) is 5.75 Å². The molecule has 0 unspecified atom stereocenters. The summed E-state index contributed by atoms with van der Waals surface area (Å²) in [5, 5.41) is 22.2. The van der Waals surface area contributed by atoms with Crippen LogP contribution in [0.15, 0.2) is 43.0 Å². The standard InChI is InChI=1S/C37H48BN7O7/c1-2-26-21-25(22-30(38)34(26)47)23-32(35(48)43-12-8-28(9-13-43)42-19-17-41(18-20-42)24-33(46)40-51)52-37(50)44-14-10-29(11-15-44)45-16-7-27-5-3-4-6-31(27)39-36(45)49/h2-6,21-22,28-29,32,47,51H,1,7-20,23-24H2,(H,39,49)(H,40,46)/t32-/m1/s1. The van der Waals surface area contributed by atoms with Gasteiger partial charge in [0.2, 0.25) is 0 Å². The SMILES string of the molecule is [B]c1cc(C[C@@H](OC(=O)N2CCC(N3CCc4ccccc4NC3=O)CC2)C(=O)N2CCC(N3CCN(CC(=O)NO)CC3)CC2)cc(C=C)c1O. The quantitative estimate of drug-likeness (QED) is 0.172. The maximum Gasteiger partial charge on any atom is 0.410 e. The Bertz CT molecular complexity index is 1640. The Morgan fingerprint density at radius 2 is 1.63 bits per heavy atom. The number of phenols is 1. The number of nitrogens with zero attached hydrogens (tertiary/aromatic N) is 5. The summed E-state index contributed by atoms with van der Waals surface area (Å²) in [7, 11) is 6.07. The Hall–Kier alpha value is -4.60. The second kappa shape index (κ2) is 16.8. The zero-order valence-electron chi connectivity index (χ0n) is 29.5. The van der Waals surface area contributed by atoms with Crippen LogP contribution in [-0.2, 0) is 27.2 Å². The summed E-state index contributed by atoms with van der Waals surface area (Å²) in [6, 6.07) is 11.2. The van der Waals surface area contributed by atoms with Crippen molar-refractivity contribution < 1.29 is 34.2 Å². The van der Waals surface area contributed by atoms with Crippen molar-refractivity contribution in [3.05, 3.63) is 59.7 Å². The molecule has 0 spiro atoms. The number of hydrogen-bond acceptors (Lipinski definition) is 9. The van der Waals surface area contributed by atoms with E-state index in [0.717, 1.165) is 43.6 Å². The summed E-state index contributed by atoms with van der Waals surface area (Å²) in [4.78, 5) is 62.1. The van der Waals surface area contributed by atoms with Gasteiger partial charge in [0, 0.05) is 88.7 Å². The van der Waals surface area contributed by atoms with E-state index in [1.54, 1.807) is 27.4 Å². The molecule has 2 aromatic rings. The van der Waals surface area contributed by atoms with E-state index in [9.17, 15) is 24.3 Å². The molecule has 4 aliphatic rings. The van der Waals surface area contributed by atoms with Gasteiger partial charge in [0.05, 0.1) is 6.54 Å². The number of nitrogens with one attached hydrogen (secondary N) is 2. The zero-order chi connectivity index (χ0) is 36.8. The fourth-order valence-corrected chi connectivity index (χ4v) is 7.89. The predicted octanol–water partition coefficient (Wildman–Crippen LogP) is 1.55. The van der Waals surface area contributed by atoms with Gasteiger partial charge in [-0.25, -0.2) is 15.1 Å². The molecule has 0 saturated carbocycles. The molecule has 0 bridgehead atoms. The number of piperidine rings is 2. The van der Waals surface area contributed by atoms with Crippen LogP contribution in [0.4, 0.5) is 15.3 Å². The van der Waals surface area contributed by atoms with Crippen molar-refractivity contribution in [2.75, 3.05) is 70.8 Å². The molecule has 5 amide bonds. The van der Waals surface area contributed by atoms with Crippen molar-refractivity contribution in [2.45, 2.75) is 56.7 Å². The first-order valence-corrected chi connectivity index (χ1v) is 18.2. The van der Waals surface area contributed by atoms with Crippen LogP contribution in [0.1, 0.15) is 42.4 Å². The molecule has 14 nitrogen and oxygen atoms in total. The Morgan fingerprint density at radius 3 is 2.33 bits per heavy atom. The normalized spacial score (nSPS) is 20.0. The number of fused-ring (bicyclic) bond motifs is 1. The van der Waals surface area contributed by atoms with Crippen LogP contribution in [0.25, 0.3) is 6.08 Å². The van der Waals surface area contributed by atoms with Crippen LogP contribution < -0.4 is 16.3 Å². The number of hydrogen-bond donors (Lipinski definition) is 4. The summed E-state index contributed by atoms with van der Waals surface area (Å²) < 4.78 is 6.02. The number of para-hydroxylation sites is 1. The topological polar surface area (TPSA) is 158 Å². The smallest absolute Gasteiger partial charge is 0.410 e. The Balaban J connectivity index is 1.07. The molecule has 4 aliphatic heterocycles. The van der Waals surface area contributed by atoms with Crippen molar-refractivity contribution in [1.82, 2.24) is 30.0 Å². The van der Waals surface area contributed by atoms with Gasteiger partial charge in [-0.15, -0.1) is 0 Å². The molecule has 1 atom stereocenters. The van der Waals surface area contributed by atoms with Crippen molar-refractivity contribution in [3.63, 3.8) is 0 Å². The number of anilines is 1.